The van der Waals surface area contributed by atoms with Crippen molar-refractivity contribution in [3.05, 3.63) is 89.2 Å². The lowest BCUT2D eigenvalue weighted by molar-refractivity contribution is -0.688. The molecule has 4 nitrogen and oxygen atoms in total. The molecule has 1 aromatic heterocycles. The number of para-hydroxylation sites is 2. The summed E-state index contributed by atoms with van der Waals surface area (Å²) in [6, 6.07) is 18.1. The highest BCUT2D eigenvalue weighted by molar-refractivity contribution is 5.93. The fraction of sp³-hybridized carbons (Fsp3) is 0.471. The lowest BCUT2D eigenvalue weighted by atomic mass is 10.1. The first-order valence-corrected chi connectivity index (χ1v) is 14.6. The minimum atomic E-state index is -0.0298. The molecule has 204 valence electrons. The third-order valence-corrected chi connectivity index (χ3v) is 6.92. The molecule has 2 aromatic carbocycles. The number of nitrogens with one attached hydrogen (secondary N) is 1. The van der Waals surface area contributed by atoms with E-state index in [1.54, 1.807) is 0 Å². The predicted octanol–water partition coefficient (Wildman–Crippen LogP) is 8.12. The lowest BCUT2D eigenvalue weighted by Gasteiger charge is -2.13. The molecule has 3 rings (SSSR count). The van der Waals surface area contributed by atoms with Crippen LogP contribution in [0, 0.1) is 13.8 Å². The maximum absolute atomic E-state index is 13.0. The molecule has 0 saturated carbocycles. The maximum atomic E-state index is 13.0. The Morgan fingerprint density at radius 1 is 0.763 bits per heavy atom. The Balaban J connectivity index is 1.45. The SMILES string of the molecule is CCCCCCCCCCCCOc1ccccc1CC(=O)Nc1ccccc1C[n+]1cc(C)cc(C)c1. The summed E-state index contributed by atoms with van der Waals surface area (Å²) < 4.78 is 8.28. The molecule has 0 unspecified atom stereocenters. The molecular formula is C34H47N2O2+. The Hall–Kier alpha value is -3.14. The number of hydrogen-bond donors (Lipinski definition) is 1. The summed E-state index contributed by atoms with van der Waals surface area (Å²) in [5.41, 5.74) is 5.31. The molecule has 1 heterocycles. The van der Waals surface area contributed by atoms with Gasteiger partial charge in [0.2, 0.25) is 5.91 Å². The van der Waals surface area contributed by atoms with E-state index in [2.05, 4.69) is 55.2 Å². The molecule has 0 aliphatic carbocycles. The van der Waals surface area contributed by atoms with Gasteiger partial charge in [-0.25, -0.2) is 4.57 Å². The number of carbonyl (C=O) groups excluding carboxylic acids is 1. The first-order valence-electron chi connectivity index (χ1n) is 14.6. The van der Waals surface area contributed by atoms with Gasteiger partial charge in [-0.3, -0.25) is 4.79 Å². The van der Waals surface area contributed by atoms with E-state index in [4.69, 9.17) is 4.74 Å². The van der Waals surface area contributed by atoms with Gasteiger partial charge in [-0.1, -0.05) is 101 Å². The highest BCUT2D eigenvalue weighted by Gasteiger charge is 2.14. The standard InChI is InChI=1S/C34H46N2O2/c1-4-5-6-7-8-9-10-11-12-17-22-38-33-21-16-14-18-30(33)24-34(37)35-32-20-15-13-19-31(32)27-36-25-28(2)23-29(3)26-36/h13-16,18-21,23,25-26H,4-12,17,22,24,27H2,1-3H3/p+1. The topological polar surface area (TPSA) is 42.2 Å². The minimum absolute atomic E-state index is 0.0298. The number of unbranched alkanes of at least 4 members (excludes halogenated alkanes) is 9. The van der Waals surface area contributed by atoms with E-state index >= 15 is 0 Å². The van der Waals surface area contributed by atoms with Gasteiger partial charge < -0.3 is 10.1 Å². The van der Waals surface area contributed by atoms with E-state index < -0.39 is 0 Å². The zero-order valence-electron chi connectivity index (χ0n) is 23.8. The van der Waals surface area contributed by atoms with Crippen LogP contribution >= 0.6 is 0 Å². The zero-order chi connectivity index (χ0) is 27.0. The van der Waals surface area contributed by atoms with Crippen LogP contribution in [0.3, 0.4) is 0 Å². The molecule has 1 amide bonds. The average Bonchev–Trinajstić information content (AvgIpc) is 2.89. The second kappa shape index (κ2) is 16.7. The van der Waals surface area contributed by atoms with E-state index in [9.17, 15) is 4.79 Å². The van der Waals surface area contributed by atoms with Gasteiger partial charge in [0.15, 0.2) is 18.9 Å². The van der Waals surface area contributed by atoms with Crippen molar-refractivity contribution in [2.75, 3.05) is 11.9 Å². The number of carbonyl (C=O) groups is 1. The number of aromatic nitrogens is 1. The summed E-state index contributed by atoms with van der Waals surface area (Å²) >= 11 is 0. The van der Waals surface area contributed by atoms with Gasteiger partial charge in [-0.15, -0.1) is 0 Å². The van der Waals surface area contributed by atoms with Crippen molar-refractivity contribution in [1.29, 1.82) is 0 Å². The molecule has 38 heavy (non-hydrogen) atoms. The van der Waals surface area contributed by atoms with E-state index in [1.165, 1.54) is 68.9 Å². The summed E-state index contributed by atoms with van der Waals surface area (Å²) in [4.78, 5) is 13.0. The van der Waals surface area contributed by atoms with Gasteiger partial charge in [0.1, 0.15) is 5.75 Å². The van der Waals surface area contributed by atoms with Gasteiger partial charge >= 0.3 is 0 Å². The van der Waals surface area contributed by atoms with Crippen molar-refractivity contribution in [2.45, 2.75) is 97.9 Å². The van der Waals surface area contributed by atoms with Gasteiger partial charge in [0.25, 0.3) is 0 Å². The molecule has 0 aliphatic heterocycles. The summed E-state index contributed by atoms with van der Waals surface area (Å²) in [7, 11) is 0. The molecule has 0 fully saturated rings. The smallest absolute Gasteiger partial charge is 0.228 e. The first kappa shape index (κ1) is 29.4. The van der Waals surface area contributed by atoms with Gasteiger partial charge in [0.05, 0.1) is 18.7 Å². The Morgan fingerprint density at radius 2 is 1.34 bits per heavy atom. The fourth-order valence-corrected chi connectivity index (χ4v) is 4.99. The lowest BCUT2D eigenvalue weighted by Crippen LogP contribution is -2.34. The molecule has 3 aromatic rings. The van der Waals surface area contributed by atoms with E-state index in [0.29, 0.717) is 19.6 Å². The first-order chi connectivity index (χ1) is 18.5. The van der Waals surface area contributed by atoms with Crippen LogP contribution in [0.1, 0.15) is 93.4 Å². The minimum Gasteiger partial charge on any atom is -0.493 e. The summed E-state index contributed by atoms with van der Waals surface area (Å²) in [6.07, 6.45) is 17.6. The number of ether oxygens (including phenoxy) is 1. The van der Waals surface area contributed by atoms with E-state index in [1.807, 2.05) is 42.5 Å². The van der Waals surface area contributed by atoms with Crippen molar-refractivity contribution >= 4 is 11.6 Å². The number of nitrogens with zero attached hydrogens (tertiary/aromatic N) is 1. The molecule has 1 N–H and O–H groups in total. The molecule has 4 heteroatoms. The number of amides is 1. The van der Waals surface area contributed by atoms with Crippen LogP contribution < -0.4 is 14.6 Å². The number of anilines is 1. The average molecular weight is 516 g/mol. The fourth-order valence-electron chi connectivity index (χ4n) is 4.99. The summed E-state index contributed by atoms with van der Waals surface area (Å²) in [5.74, 6) is 0.788. The molecule has 0 bridgehead atoms. The molecule has 0 aliphatic rings. The maximum Gasteiger partial charge on any atom is 0.228 e. The zero-order valence-corrected chi connectivity index (χ0v) is 23.8. The van der Waals surface area contributed by atoms with Crippen LogP contribution in [-0.4, -0.2) is 12.5 Å². The Morgan fingerprint density at radius 3 is 2.03 bits per heavy atom. The quantitative estimate of drug-likeness (QED) is 0.146. The number of rotatable bonds is 17. The van der Waals surface area contributed by atoms with Crippen molar-refractivity contribution < 1.29 is 14.1 Å². The third kappa shape index (κ3) is 10.7. The van der Waals surface area contributed by atoms with Crippen LogP contribution in [0.4, 0.5) is 5.69 Å². The van der Waals surface area contributed by atoms with Crippen LogP contribution in [0.2, 0.25) is 0 Å². The number of benzene rings is 2. The van der Waals surface area contributed by atoms with Crippen molar-refractivity contribution in [2.24, 2.45) is 0 Å². The third-order valence-electron chi connectivity index (χ3n) is 6.92. The summed E-state index contributed by atoms with van der Waals surface area (Å²) in [6.45, 7) is 7.88. The molecular weight excluding hydrogens is 468 g/mol. The number of aryl methyl sites for hydroxylation is 2. The highest BCUT2D eigenvalue weighted by atomic mass is 16.5. The Bertz CT molecular complexity index is 1100. The Kier molecular flexibility index (Phi) is 12.9. The molecule has 0 radical (unpaired) electrons. The second-order valence-electron chi connectivity index (χ2n) is 10.6. The van der Waals surface area contributed by atoms with Crippen LogP contribution in [0.15, 0.2) is 67.0 Å². The monoisotopic (exact) mass is 515 g/mol. The molecule has 0 saturated heterocycles. The van der Waals surface area contributed by atoms with Crippen LogP contribution in [0.5, 0.6) is 5.75 Å². The molecule has 0 atom stereocenters. The van der Waals surface area contributed by atoms with Crippen molar-refractivity contribution in [3.63, 3.8) is 0 Å². The van der Waals surface area contributed by atoms with E-state index in [-0.39, 0.29) is 5.91 Å². The van der Waals surface area contributed by atoms with Crippen LogP contribution in [0.25, 0.3) is 0 Å². The van der Waals surface area contributed by atoms with Crippen molar-refractivity contribution in [3.8, 4) is 5.75 Å². The largest absolute Gasteiger partial charge is 0.493 e. The summed E-state index contributed by atoms with van der Waals surface area (Å²) in [5, 5.41) is 3.14. The molecule has 0 spiro atoms. The number of hydrogen-bond acceptors (Lipinski definition) is 2. The normalized spacial score (nSPS) is 10.9. The van der Waals surface area contributed by atoms with Crippen LogP contribution in [-0.2, 0) is 17.8 Å². The predicted molar refractivity (Wildman–Crippen MR) is 158 cm³/mol. The van der Waals surface area contributed by atoms with E-state index in [0.717, 1.165) is 29.0 Å². The Labute approximate surface area is 230 Å². The number of pyridine rings is 1. The van der Waals surface area contributed by atoms with Gasteiger partial charge in [-0.05, 0) is 38.5 Å². The second-order valence-corrected chi connectivity index (χ2v) is 10.6. The van der Waals surface area contributed by atoms with Gasteiger partial charge in [-0.2, -0.15) is 0 Å². The highest BCUT2D eigenvalue weighted by Crippen LogP contribution is 2.21. The van der Waals surface area contributed by atoms with Gasteiger partial charge in [0, 0.05) is 22.3 Å². The van der Waals surface area contributed by atoms with Crippen molar-refractivity contribution in [1.82, 2.24) is 0 Å².